The summed E-state index contributed by atoms with van der Waals surface area (Å²) in [5, 5.41) is 0. The van der Waals surface area contributed by atoms with Crippen molar-refractivity contribution in [2.45, 2.75) is 20.8 Å². The second kappa shape index (κ2) is 5.44. The van der Waals surface area contributed by atoms with Crippen LogP contribution >= 0.6 is 0 Å². The molecule has 1 heterocycles. The van der Waals surface area contributed by atoms with Crippen LogP contribution in [0.5, 0.6) is 0 Å². The van der Waals surface area contributed by atoms with Crippen molar-refractivity contribution in [1.82, 2.24) is 9.97 Å². The first-order valence-electron chi connectivity index (χ1n) is 5.20. The lowest BCUT2D eigenvalue weighted by molar-refractivity contribution is -0.138. The van der Waals surface area contributed by atoms with Crippen LogP contribution in [0.15, 0.2) is 6.20 Å². The van der Waals surface area contributed by atoms with Gasteiger partial charge in [-0.1, -0.05) is 0 Å². The van der Waals surface area contributed by atoms with Gasteiger partial charge in [0.05, 0.1) is 18.5 Å². The number of likely N-dealkylation sites (N-methyl/N-ethyl adjacent to an activating group) is 1. The van der Waals surface area contributed by atoms with E-state index in [1.165, 1.54) is 7.11 Å². The highest BCUT2D eigenvalue weighted by molar-refractivity contribution is 5.75. The Morgan fingerprint density at radius 2 is 2.19 bits per heavy atom. The van der Waals surface area contributed by atoms with E-state index in [9.17, 15) is 4.79 Å². The summed E-state index contributed by atoms with van der Waals surface area (Å²) in [6.45, 7) is 6.61. The number of methoxy groups -OCH3 is 1. The first-order valence-corrected chi connectivity index (χ1v) is 5.20. The molecule has 0 aromatic carbocycles. The Bertz CT molecular complexity index is 379. The molecule has 0 unspecified atom stereocenters. The van der Waals surface area contributed by atoms with E-state index in [0.717, 1.165) is 17.2 Å². The number of hydrogen-bond acceptors (Lipinski definition) is 5. The highest BCUT2D eigenvalue weighted by Crippen LogP contribution is 2.14. The monoisotopic (exact) mass is 223 g/mol. The van der Waals surface area contributed by atoms with Gasteiger partial charge < -0.3 is 9.64 Å². The lowest BCUT2D eigenvalue weighted by Crippen LogP contribution is -2.31. The van der Waals surface area contributed by atoms with Crippen LogP contribution in [0.3, 0.4) is 0 Å². The molecule has 0 aliphatic heterocycles. The smallest absolute Gasteiger partial charge is 0.325 e. The quantitative estimate of drug-likeness (QED) is 0.715. The maximum Gasteiger partial charge on any atom is 0.325 e. The number of aromatic nitrogens is 2. The van der Waals surface area contributed by atoms with E-state index in [0.29, 0.717) is 6.54 Å². The Kier molecular flexibility index (Phi) is 4.22. The summed E-state index contributed by atoms with van der Waals surface area (Å²) in [5.74, 6) is 0.470. The van der Waals surface area contributed by atoms with Gasteiger partial charge in [-0.2, -0.15) is 0 Å². The topological polar surface area (TPSA) is 55.3 Å². The highest BCUT2D eigenvalue weighted by Gasteiger charge is 2.14. The van der Waals surface area contributed by atoms with Crippen LogP contribution < -0.4 is 4.90 Å². The maximum atomic E-state index is 11.2. The Hall–Kier alpha value is -1.65. The third-order valence-corrected chi connectivity index (χ3v) is 2.28. The lowest BCUT2D eigenvalue weighted by atomic mass is 10.3. The molecule has 0 aliphatic rings. The van der Waals surface area contributed by atoms with Crippen molar-refractivity contribution in [2.75, 3.05) is 25.1 Å². The molecular weight excluding hydrogens is 206 g/mol. The first kappa shape index (κ1) is 12.4. The Labute approximate surface area is 95.5 Å². The number of carbonyl (C=O) groups excluding carboxylic acids is 1. The molecule has 1 aromatic heterocycles. The molecular formula is C11H17N3O2. The summed E-state index contributed by atoms with van der Waals surface area (Å²) in [6, 6.07) is 0. The summed E-state index contributed by atoms with van der Waals surface area (Å²) in [7, 11) is 1.38. The second-order valence-electron chi connectivity index (χ2n) is 3.51. The predicted molar refractivity (Wildman–Crippen MR) is 61.4 cm³/mol. The zero-order valence-electron chi connectivity index (χ0n) is 10.1. The van der Waals surface area contributed by atoms with Gasteiger partial charge in [-0.25, -0.2) is 4.98 Å². The molecule has 16 heavy (non-hydrogen) atoms. The van der Waals surface area contributed by atoms with Gasteiger partial charge in [0, 0.05) is 12.7 Å². The number of ether oxygens (including phenoxy) is 1. The molecule has 0 atom stereocenters. The van der Waals surface area contributed by atoms with E-state index >= 15 is 0 Å². The lowest BCUT2D eigenvalue weighted by Gasteiger charge is -2.21. The van der Waals surface area contributed by atoms with Crippen LogP contribution in [0, 0.1) is 13.8 Å². The van der Waals surface area contributed by atoms with Gasteiger partial charge in [-0.15, -0.1) is 0 Å². The molecule has 0 aliphatic carbocycles. The highest BCUT2D eigenvalue weighted by atomic mass is 16.5. The van der Waals surface area contributed by atoms with Crippen molar-refractivity contribution < 1.29 is 9.53 Å². The fourth-order valence-electron chi connectivity index (χ4n) is 1.38. The van der Waals surface area contributed by atoms with E-state index in [4.69, 9.17) is 0 Å². The maximum absolute atomic E-state index is 11.2. The summed E-state index contributed by atoms with van der Waals surface area (Å²) in [5.41, 5.74) is 1.65. The minimum absolute atomic E-state index is 0.200. The van der Waals surface area contributed by atoms with Gasteiger partial charge >= 0.3 is 5.97 Å². The summed E-state index contributed by atoms with van der Waals surface area (Å²) < 4.78 is 4.65. The first-order chi connectivity index (χ1) is 7.58. The van der Waals surface area contributed by atoms with Crippen molar-refractivity contribution >= 4 is 11.8 Å². The Morgan fingerprint density at radius 3 is 2.75 bits per heavy atom. The van der Waals surface area contributed by atoms with E-state index < -0.39 is 0 Å². The van der Waals surface area contributed by atoms with Crippen LogP contribution in [0.1, 0.15) is 18.3 Å². The number of esters is 1. The van der Waals surface area contributed by atoms with Gasteiger partial charge in [0.25, 0.3) is 0 Å². The molecule has 0 saturated heterocycles. The van der Waals surface area contributed by atoms with E-state index in [-0.39, 0.29) is 12.5 Å². The molecule has 88 valence electrons. The Balaban J connectivity index is 2.94. The predicted octanol–water partition coefficient (Wildman–Crippen LogP) is 1.09. The van der Waals surface area contributed by atoms with E-state index in [1.54, 1.807) is 6.20 Å². The number of aryl methyl sites for hydroxylation is 2. The van der Waals surface area contributed by atoms with Crippen LogP contribution in [0.4, 0.5) is 5.82 Å². The van der Waals surface area contributed by atoms with Crippen molar-refractivity contribution in [3.8, 4) is 0 Å². The van der Waals surface area contributed by atoms with Crippen LogP contribution in [0.25, 0.3) is 0 Å². The molecule has 0 spiro atoms. The molecule has 0 fully saturated rings. The van der Waals surface area contributed by atoms with Gasteiger partial charge in [0.15, 0.2) is 5.82 Å². The molecule has 0 N–H and O–H groups in total. The molecule has 0 saturated carbocycles. The van der Waals surface area contributed by atoms with Crippen LogP contribution in [-0.4, -0.2) is 36.1 Å². The SMILES string of the molecule is CCN(CC(=O)OC)c1nc(C)cnc1C. The number of anilines is 1. The summed E-state index contributed by atoms with van der Waals surface area (Å²) >= 11 is 0. The minimum Gasteiger partial charge on any atom is -0.468 e. The van der Waals surface area contributed by atoms with Gasteiger partial charge in [-0.05, 0) is 20.8 Å². The summed E-state index contributed by atoms with van der Waals surface area (Å²) in [6.07, 6.45) is 1.71. The second-order valence-corrected chi connectivity index (χ2v) is 3.51. The third-order valence-electron chi connectivity index (χ3n) is 2.28. The van der Waals surface area contributed by atoms with Gasteiger partial charge in [0.1, 0.15) is 6.54 Å². The molecule has 1 rings (SSSR count). The molecule has 0 amide bonds. The Morgan fingerprint density at radius 1 is 1.50 bits per heavy atom. The van der Waals surface area contributed by atoms with Crippen molar-refractivity contribution in [1.29, 1.82) is 0 Å². The number of nitrogens with zero attached hydrogens (tertiary/aromatic N) is 3. The van der Waals surface area contributed by atoms with Crippen LogP contribution in [0.2, 0.25) is 0 Å². The fourth-order valence-corrected chi connectivity index (χ4v) is 1.38. The molecule has 0 radical (unpaired) electrons. The van der Waals surface area contributed by atoms with Gasteiger partial charge in [-0.3, -0.25) is 9.78 Å². The molecule has 5 heteroatoms. The molecule has 1 aromatic rings. The standard InChI is InChI=1S/C11H17N3O2/c1-5-14(7-10(15)16-4)11-9(3)12-6-8(2)13-11/h6H,5,7H2,1-4H3. The average Bonchev–Trinajstić information content (AvgIpc) is 2.29. The molecule has 5 nitrogen and oxygen atoms in total. The molecule has 0 bridgehead atoms. The van der Waals surface area contributed by atoms with Crippen molar-refractivity contribution in [2.24, 2.45) is 0 Å². The number of carbonyl (C=O) groups is 1. The van der Waals surface area contributed by atoms with Crippen LogP contribution in [-0.2, 0) is 9.53 Å². The average molecular weight is 223 g/mol. The van der Waals surface area contributed by atoms with E-state index in [1.807, 2.05) is 25.7 Å². The largest absolute Gasteiger partial charge is 0.468 e. The van der Waals surface area contributed by atoms with Crippen molar-refractivity contribution in [3.05, 3.63) is 17.6 Å². The van der Waals surface area contributed by atoms with E-state index in [2.05, 4.69) is 14.7 Å². The number of hydrogen-bond donors (Lipinski definition) is 0. The van der Waals surface area contributed by atoms with Crippen molar-refractivity contribution in [3.63, 3.8) is 0 Å². The fraction of sp³-hybridized carbons (Fsp3) is 0.545. The zero-order chi connectivity index (χ0) is 12.1. The number of rotatable bonds is 4. The normalized spacial score (nSPS) is 10.0. The third kappa shape index (κ3) is 2.92. The summed E-state index contributed by atoms with van der Waals surface area (Å²) in [4.78, 5) is 21.7. The minimum atomic E-state index is -0.274. The zero-order valence-corrected chi connectivity index (χ0v) is 10.1. The van der Waals surface area contributed by atoms with Gasteiger partial charge in [0.2, 0.25) is 0 Å².